The molecule has 0 saturated carbocycles. The molecule has 1 N–H and O–H groups in total. The van der Waals surface area contributed by atoms with Crippen LogP contribution in [0, 0.1) is 0 Å². The maximum atomic E-state index is 11.4. The van der Waals surface area contributed by atoms with Crippen molar-refractivity contribution in [3.8, 4) is 17.2 Å². The zero-order valence-corrected chi connectivity index (χ0v) is 9.02. The Hall–Kier alpha value is -2.17. The van der Waals surface area contributed by atoms with E-state index in [4.69, 9.17) is 9.47 Å². The van der Waals surface area contributed by atoms with E-state index in [-0.39, 0.29) is 22.8 Å². The topological polar surface area (TPSA) is 65.0 Å². The van der Waals surface area contributed by atoms with Crippen LogP contribution in [0.15, 0.2) is 25.0 Å². The third-order valence-electron chi connectivity index (χ3n) is 1.91. The number of carbonyl (C=O) groups excluding carboxylic acids is 1. The van der Waals surface area contributed by atoms with E-state index in [1.807, 2.05) is 0 Å². The average molecular weight is 224 g/mol. The Kier molecular flexibility index (Phi) is 3.77. The number of rotatable bonds is 4. The second-order valence-corrected chi connectivity index (χ2v) is 2.80. The molecule has 0 atom stereocenters. The highest BCUT2D eigenvalue weighted by atomic mass is 16.5. The van der Waals surface area contributed by atoms with Gasteiger partial charge < -0.3 is 19.3 Å². The van der Waals surface area contributed by atoms with E-state index in [9.17, 15) is 9.90 Å². The van der Waals surface area contributed by atoms with Gasteiger partial charge in [-0.05, 0) is 12.1 Å². The van der Waals surface area contributed by atoms with Crippen LogP contribution in [0.2, 0.25) is 0 Å². The summed E-state index contributed by atoms with van der Waals surface area (Å²) in [5, 5.41) is 9.60. The quantitative estimate of drug-likeness (QED) is 0.623. The number of ether oxygens (including phenoxy) is 3. The van der Waals surface area contributed by atoms with Crippen LogP contribution in [0.25, 0.3) is 0 Å². The normalized spacial score (nSPS) is 9.38. The molecule has 16 heavy (non-hydrogen) atoms. The highest BCUT2D eigenvalue weighted by Gasteiger charge is 2.15. The molecule has 0 unspecified atom stereocenters. The van der Waals surface area contributed by atoms with E-state index in [2.05, 4.69) is 11.3 Å². The fourth-order valence-corrected chi connectivity index (χ4v) is 1.16. The van der Waals surface area contributed by atoms with Gasteiger partial charge in [-0.2, -0.15) is 0 Å². The van der Waals surface area contributed by atoms with Crippen molar-refractivity contribution < 1.29 is 24.1 Å². The third kappa shape index (κ3) is 2.25. The van der Waals surface area contributed by atoms with Crippen molar-refractivity contribution in [1.29, 1.82) is 0 Å². The van der Waals surface area contributed by atoms with Gasteiger partial charge in [0.2, 0.25) is 5.75 Å². The summed E-state index contributed by atoms with van der Waals surface area (Å²) in [4.78, 5) is 11.4. The van der Waals surface area contributed by atoms with Gasteiger partial charge in [0.05, 0.1) is 26.0 Å². The molecule has 0 bridgehead atoms. The van der Waals surface area contributed by atoms with Crippen LogP contribution in [0.3, 0.4) is 0 Å². The summed E-state index contributed by atoms with van der Waals surface area (Å²) in [6, 6.07) is 2.70. The van der Waals surface area contributed by atoms with Gasteiger partial charge in [0.25, 0.3) is 0 Å². The standard InChI is InChI=1S/C11H12O5/c1-4-16-11(13)7-5-8(14-2)10(12)9(6-7)15-3/h4-6,12H,1H2,2-3H3. The van der Waals surface area contributed by atoms with Crippen molar-refractivity contribution in [2.45, 2.75) is 0 Å². The molecular weight excluding hydrogens is 212 g/mol. The van der Waals surface area contributed by atoms with Crippen LogP contribution in [0.5, 0.6) is 17.2 Å². The van der Waals surface area contributed by atoms with Crippen molar-refractivity contribution in [2.75, 3.05) is 14.2 Å². The van der Waals surface area contributed by atoms with Crippen LogP contribution in [0.1, 0.15) is 10.4 Å². The third-order valence-corrected chi connectivity index (χ3v) is 1.91. The lowest BCUT2D eigenvalue weighted by Gasteiger charge is -2.09. The predicted molar refractivity (Wildman–Crippen MR) is 56.8 cm³/mol. The van der Waals surface area contributed by atoms with Crippen LogP contribution < -0.4 is 9.47 Å². The number of aromatic hydroxyl groups is 1. The first-order valence-corrected chi connectivity index (χ1v) is 4.41. The number of hydrogen-bond donors (Lipinski definition) is 1. The Labute approximate surface area is 92.9 Å². The molecule has 1 aromatic rings. The molecule has 5 nitrogen and oxygen atoms in total. The Bertz CT molecular complexity index is 386. The van der Waals surface area contributed by atoms with Gasteiger partial charge in [0.15, 0.2) is 11.5 Å². The Morgan fingerprint density at radius 2 is 1.81 bits per heavy atom. The van der Waals surface area contributed by atoms with Gasteiger partial charge in [0.1, 0.15) is 0 Å². The van der Waals surface area contributed by atoms with E-state index in [0.29, 0.717) is 0 Å². The number of benzene rings is 1. The first kappa shape index (κ1) is 11.9. The lowest BCUT2D eigenvalue weighted by Crippen LogP contribution is -2.02. The molecular formula is C11H12O5. The second kappa shape index (κ2) is 5.06. The molecule has 0 aromatic heterocycles. The Morgan fingerprint density at radius 1 is 1.31 bits per heavy atom. The molecule has 0 aliphatic rings. The zero-order chi connectivity index (χ0) is 12.1. The van der Waals surface area contributed by atoms with Crippen LogP contribution in [0.4, 0.5) is 0 Å². The average Bonchev–Trinajstić information content (AvgIpc) is 2.29. The summed E-state index contributed by atoms with van der Waals surface area (Å²) in [7, 11) is 2.74. The first-order valence-electron chi connectivity index (χ1n) is 4.41. The van der Waals surface area contributed by atoms with Crippen molar-refractivity contribution >= 4 is 5.97 Å². The molecule has 0 radical (unpaired) electrons. The second-order valence-electron chi connectivity index (χ2n) is 2.80. The van der Waals surface area contributed by atoms with E-state index in [1.165, 1.54) is 26.4 Å². The maximum Gasteiger partial charge on any atom is 0.343 e. The highest BCUT2D eigenvalue weighted by molar-refractivity contribution is 5.91. The molecule has 0 saturated heterocycles. The highest BCUT2D eigenvalue weighted by Crippen LogP contribution is 2.37. The minimum atomic E-state index is -0.605. The first-order chi connectivity index (χ1) is 7.63. The summed E-state index contributed by atoms with van der Waals surface area (Å²) in [5.41, 5.74) is 0.200. The van der Waals surface area contributed by atoms with Crippen LogP contribution in [-0.4, -0.2) is 25.3 Å². The van der Waals surface area contributed by atoms with Gasteiger partial charge >= 0.3 is 5.97 Å². The summed E-state index contributed by atoms with van der Waals surface area (Å²) in [6.45, 7) is 3.27. The number of phenolic OH excluding ortho intramolecular Hbond substituents is 1. The molecule has 0 aliphatic heterocycles. The SMILES string of the molecule is C=COC(=O)c1cc(OC)c(O)c(OC)c1. The van der Waals surface area contributed by atoms with E-state index >= 15 is 0 Å². The van der Waals surface area contributed by atoms with Crippen LogP contribution in [-0.2, 0) is 4.74 Å². The molecule has 0 fully saturated rings. The molecule has 0 amide bonds. The summed E-state index contributed by atoms with van der Waals surface area (Å²) >= 11 is 0. The largest absolute Gasteiger partial charge is 0.502 e. The number of esters is 1. The number of phenols is 1. The summed E-state index contributed by atoms with van der Waals surface area (Å²) in [6.07, 6.45) is 1.02. The minimum absolute atomic E-state index is 0.135. The predicted octanol–water partition coefficient (Wildman–Crippen LogP) is 1.71. The number of carbonyl (C=O) groups is 1. The summed E-state index contributed by atoms with van der Waals surface area (Å²) in [5.74, 6) is -0.502. The molecule has 86 valence electrons. The van der Waals surface area contributed by atoms with Crippen molar-refractivity contribution in [3.63, 3.8) is 0 Å². The fourth-order valence-electron chi connectivity index (χ4n) is 1.16. The smallest absolute Gasteiger partial charge is 0.343 e. The van der Waals surface area contributed by atoms with E-state index in [1.54, 1.807) is 0 Å². The van der Waals surface area contributed by atoms with Gasteiger partial charge in [0, 0.05) is 0 Å². The van der Waals surface area contributed by atoms with Gasteiger partial charge in [-0.25, -0.2) is 4.79 Å². The summed E-state index contributed by atoms with van der Waals surface area (Å²) < 4.78 is 14.4. The van der Waals surface area contributed by atoms with Crippen molar-refractivity contribution in [3.05, 3.63) is 30.5 Å². The molecule has 0 aliphatic carbocycles. The lowest BCUT2D eigenvalue weighted by atomic mass is 10.2. The van der Waals surface area contributed by atoms with Crippen LogP contribution >= 0.6 is 0 Å². The molecule has 0 heterocycles. The molecule has 1 rings (SSSR count). The van der Waals surface area contributed by atoms with Crippen molar-refractivity contribution in [1.82, 2.24) is 0 Å². The molecule has 5 heteroatoms. The fraction of sp³-hybridized carbons (Fsp3) is 0.182. The monoisotopic (exact) mass is 224 g/mol. The zero-order valence-electron chi connectivity index (χ0n) is 9.02. The van der Waals surface area contributed by atoms with Gasteiger partial charge in [-0.15, -0.1) is 0 Å². The minimum Gasteiger partial charge on any atom is -0.502 e. The lowest BCUT2D eigenvalue weighted by molar-refractivity contribution is 0.0663. The van der Waals surface area contributed by atoms with E-state index < -0.39 is 5.97 Å². The molecule has 0 spiro atoms. The van der Waals surface area contributed by atoms with Gasteiger partial charge in [-0.1, -0.05) is 6.58 Å². The Balaban J connectivity index is 3.21. The van der Waals surface area contributed by atoms with E-state index in [0.717, 1.165) is 6.26 Å². The maximum absolute atomic E-state index is 11.4. The Morgan fingerprint density at radius 3 is 2.19 bits per heavy atom. The van der Waals surface area contributed by atoms with Gasteiger partial charge in [-0.3, -0.25) is 0 Å². The van der Waals surface area contributed by atoms with Crippen molar-refractivity contribution in [2.24, 2.45) is 0 Å². The number of methoxy groups -OCH3 is 2. The number of hydrogen-bond acceptors (Lipinski definition) is 5. The molecule has 1 aromatic carbocycles.